The number of aromatic nitrogens is 2. The maximum Gasteiger partial charge on any atom is 0.376 e. The van der Waals surface area contributed by atoms with Gasteiger partial charge in [-0.05, 0) is 30.9 Å². The van der Waals surface area contributed by atoms with Crippen LogP contribution in [0.15, 0.2) is 12.3 Å². The van der Waals surface area contributed by atoms with E-state index in [-0.39, 0.29) is 5.82 Å². The maximum absolute atomic E-state index is 11.2. The van der Waals surface area contributed by atoms with Gasteiger partial charge >= 0.3 is 5.97 Å². The van der Waals surface area contributed by atoms with Crippen LogP contribution in [0.2, 0.25) is 0 Å². The third-order valence-electron chi connectivity index (χ3n) is 2.35. The van der Waals surface area contributed by atoms with Gasteiger partial charge in [0, 0.05) is 12.7 Å². The Morgan fingerprint density at radius 1 is 1.44 bits per heavy atom. The van der Waals surface area contributed by atoms with Gasteiger partial charge in [-0.2, -0.15) is 11.8 Å². The Bertz CT molecular complexity index is 374. The molecule has 0 fully saturated rings. The molecule has 1 aromatic rings. The van der Waals surface area contributed by atoms with Gasteiger partial charge in [-0.15, -0.1) is 0 Å². The summed E-state index contributed by atoms with van der Waals surface area (Å²) in [5.74, 6) is 1.44. The van der Waals surface area contributed by atoms with Crippen molar-refractivity contribution in [1.82, 2.24) is 9.97 Å². The second kappa shape index (κ2) is 8.74. The first-order chi connectivity index (χ1) is 8.77. The molecule has 0 amide bonds. The standard InChI is InChI=1S/C12H19N3O2S/c1-17-12(16)11-14-8-6-10(15-11)13-7-4-3-5-9-18-2/h6,8H,3-5,7,9H2,1-2H3,(H,13,14,15). The topological polar surface area (TPSA) is 64.1 Å². The SMILES string of the molecule is COC(=O)c1nccc(NCCCCCSC)n1. The van der Waals surface area contributed by atoms with E-state index in [0.29, 0.717) is 5.82 Å². The summed E-state index contributed by atoms with van der Waals surface area (Å²) in [7, 11) is 1.32. The number of unbranched alkanes of at least 4 members (excludes halogenated alkanes) is 2. The summed E-state index contributed by atoms with van der Waals surface area (Å²) in [4.78, 5) is 19.2. The Balaban J connectivity index is 2.32. The quantitative estimate of drug-likeness (QED) is 0.576. The molecule has 0 aliphatic heterocycles. The molecule has 1 rings (SSSR count). The van der Waals surface area contributed by atoms with Gasteiger partial charge in [0.15, 0.2) is 0 Å². The Kier molecular flexibility index (Phi) is 7.17. The normalized spacial score (nSPS) is 10.1. The minimum atomic E-state index is -0.515. The van der Waals surface area contributed by atoms with Gasteiger partial charge in [-0.25, -0.2) is 14.8 Å². The number of anilines is 1. The highest BCUT2D eigenvalue weighted by molar-refractivity contribution is 7.98. The molecule has 1 aromatic heterocycles. The van der Waals surface area contributed by atoms with Crippen LogP contribution in [0.25, 0.3) is 0 Å². The molecular weight excluding hydrogens is 250 g/mol. The van der Waals surface area contributed by atoms with Crippen LogP contribution < -0.4 is 5.32 Å². The average Bonchev–Trinajstić information content (AvgIpc) is 2.42. The van der Waals surface area contributed by atoms with Crippen molar-refractivity contribution in [3.05, 3.63) is 18.1 Å². The van der Waals surface area contributed by atoms with E-state index in [1.54, 1.807) is 12.3 Å². The molecule has 0 unspecified atom stereocenters. The molecule has 0 aliphatic carbocycles. The number of esters is 1. The van der Waals surface area contributed by atoms with E-state index in [1.165, 1.54) is 25.7 Å². The number of rotatable bonds is 8. The Labute approximate surface area is 112 Å². The first kappa shape index (κ1) is 14.8. The van der Waals surface area contributed by atoms with Gasteiger partial charge in [0.05, 0.1) is 7.11 Å². The van der Waals surface area contributed by atoms with Crippen molar-refractivity contribution in [2.75, 3.05) is 31.0 Å². The zero-order chi connectivity index (χ0) is 13.2. The minimum absolute atomic E-state index is 0.0879. The lowest BCUT2D eigenvalue weighted by atomic mass is 10.2. The Morgan fingerprint density at radius 2 is 2.28 bits per heavy atom. The number of carbonyl (C=O) groups excluding carboxylic acids is 1. The summed E-state index contributed by atoms with van der Waals surface area (Å²) in [6.45, 7) is 0.853. The summed E-state index contributed by atoms with van der Waals surface area (Å²) in [6.07, 6.45) is 7.20. The predicted octanol–water partition coefficient (Wildman–Crippen LogP) is 2.21. The van der Waals surface area contributed by atoms with Gasteiger partial charge in [0.2, 0.25) is 5.82 Å². The zero-order valence-electron chi connectivity index (χ0n) is 10.8. The van der Waals surface area contributed by atoms with Crippen LogP contribution in [0.3, 0.4) is 0 Å². The van der Waals surface area contributed by atoms with Crippen LogP contribution in [-0.4, -0.2) is 41.6 Å². The van der Waals surface area contributed by atoms with Crippen molar-refractivity contribution in [2.24, 2.45) is 0 Å². The molecule has 0 spiro atoms. The second-order valence-corrected chi connectivity index (χ2v) is 4.72. The van der Waals surface area contributed by atoms with Crippen LogP contribution in [0, 0.1) is 0 Å². The second-order valence-electron chi connectivity index (χ2n) is 3.74. The number of hydrogen-bond donors (Lipinski definition) is 1. The molecule has 0 aliphatic rings. The largest absolute Gasteiger partial charge is 0.463 e. The van der Waals surface area contributed by atoms with Gasteiger partial charge < -0.3 is 10.1 Å². The van der Waals surface area contributed by atoms with Crippen LogP contribution in [-0.2, 0) is 4.74 Å². The van der Waals surface area contributed by atoms with E-state index >= 15 is 0 Å². The summed E-state index contributed by atoms with van der Waals surface area (Å²) < 4.78 is 4.57. The van der Waals surface area contributed by atoms with Crippen molar-refractivity contribution in [2.45, 2.75) is 19.3 Å². The van der Waals surface area contributed by atoms with E-state index in [2.05, 4.69) is 26.3 Å². The van der Waals surface area contributed by atoms with Crippen LogP contribution in [0.1, 0.15) is 29.9 Å². The summed E-state index contributed by atoms with van der Waals surface area (Å²) in [6, 6.07) is 1.74. The number of methoxy groups -OCH3 is 1. The van der Waals surface area contributed by atoms with E-state index < -0.39 is 5.97 Å². The molecular formula is C12H19N3O2S. The highest BCUT2D eigenvalue weighted by Gasteiger charge is 2.08. The molecule has 100 valence electrons. The molecule has 5 nitrogen and oxygen atoms in total. The van der Waals surface area contributed by atoms with Crippen LogP contribution >= 0.6 is 11.8 Å². The van der Waals surface area contributed by atoms with E-state index in [4.69, 9.17) is 0 Å². The fourth-order valence-corrected chi connectivity index (χ4v) is 1.90. The number of nitrogens with one attached hydrogen (secondary N) is 1. The molecule has 6 heteroatoms. The van der Waals surface area contributed by atoms with Crippen LogP contribution in [0.5, 0.6) is 0 Å². The fraction of sp³-hybridized carbons (Fsp3) is 0.583. The molecule has 1 heterocycles. The molecule has 0 atom stereocenters. The molecule has 1 N–H and O–H groups in total. The van der Waals surface area contributed by atoms with Crippen molar-refractivity contribution < 1.29 is 9.53 Å². The van der Waals surface area contributed by atoms with Crippen molar-refractivity contribution in [1.29, 1.82) is 0 Å². The van der Waals surface area contributed by atoms with Crippen molar-refractivity contribution in [3.63, 3.8) is 0 Å². The van der Waals surface area contributed by atoms with E-state index in [1.807, 2.05) is 11.8 Å². The third-order valence-corrected chi connectivity index (χ3v) is 3.05. The fourth-order valence-electron chi connectivity index (χ4n) is 1.41. The van der Waals surface area contributed by atoms with Crippen molar-refractivity contribution >= 4 is 23.5 Å². The van der Waals surface area contributed by atoms with E-state index in [9.17, 15) is 4.79 Å². The molecule has 0 saturated carbocycles. The van der Waals surface area contributed by atoms with Crippen molar-refractivity contribution in [3.8, 4) is 0 Å². The molecule has 0 aromatic carbocycles. The monoisotopic (exact) mass is 269 g/mol. The average molecular weight is 269 g/mol. The highest BCUT2D eigenvalue weighted by atomic mass is 32.2. The summed E-state index contributed by atoms with van der Waals surface area (Å²) in [5.41, 5.74) is 0. The van der Waals surface area contributed by atoms with Crippen LogP contribution in [0.4, 0.5) is 5.82 Å². The Morgan fingerprint density at radius 3 is 3.00 bits per heavy atom. The summed E-state index contributed by atoms with van der Waals surface area (Å²) >= 11 is 1.87. The van der Waals surface area contributed by atoms with E-state index in [0.717, 1.165) is 13.0 Å². The Hall–Kier alpha value is -1.30. The lowest BCUT2D eigenvalue weighted by Crippen LogP contribution is -2.10. The van der Waals surface area contributed by atoms with Gasteiger partial charge in [-0.1, -0.05) is 6.42 Å². The highest BCUT2D eigenvalue weighted by Crippen LogP contribution is 2.05. The molecule has 0 saturated heterocycles. The number of carbonyl (C=O) groups is 1. The minimum Gasteiger partial charge on any atom is -0.463 e. The number of ether oxygens (including phenoxy) is 1. The predicted molar refractivity (Wildman–Crippen MR) is 74.1 cm³/mol. The van der Waals surface area contributed by atoms with Gasteiger partial charge in [0.25, 0.3) is 0 Å². The molecule has 18 heavy (non-hydrogen) atoms. The van der Waals surface area contributed by atoms with Gasteiger partial charge in [0.1, 0.15) is 5.82 Å². The lowest BCUT2D eigenvalue weighted by Gasteiger charge is -2.06. The maximum atomic E-state index is 11.2. The third kappa shape index (κ3) is 5.35. The smallest absolute Gasteiger partial charge is 0.376 e. The number of hydrogen-bond acceptors (Lipinski definition) is 6. The first-order valence-corrected chi connectivity index (χ1v) is 7.31. The zero-order valence-corrected chi connectivity index (χ0v) is 11.6. The first-order valence-electron chi connectivity index (χ1n) is 5.92. The number of nitrogens with zero attached hydrogens (tertiary/aromatic N) is 2. The molecule has 0 bridgehead atoms. The summed E-state index contributed by atoms with van der Waals surface area (Å²) in [5, 5.41) is 3.18. The van der Waals surface area contributed by atoms with Gasteiger partial charge in [-0.3, -0.25) is 0 Å². The number of thioether (sulfide) groups is 1. The lowest BCUT2D eigenvalue weighted by molar-refractivity contribution is 0.0587. The molecule has 0 radical (unpaired) electrons.